The van der Waals surface area contributed by atoms with Gasteiger partial charge in [-0.1, -0.05) is 32.1 Å². The van der Waals surface area contributed by atoms with E-state index in [1.807, 2.05) is 29.2 Å². The maximum absolute atomic E-state index is 12.2. The predicted molar refractivity (Wildman–Crippen MR) is 92.4 cm³/mol. The van der Waals surface area contributed by atoms with E-state index < -0.39 is 0 Å². The van der Waals surface area contributed by atoms with Crippen LogP contribution in [0, 0.1) is 5.92 Å². The third-order valence-electron chi connectivity index (χ3n) is 5.24. The largest absolute Gasteiger partial charge is 0.326 e. The molecule has 2 saturated carbocycles. The van der Waals surface area contributed by atoms with Crippen molar-refractivity contribution < 1.29 is 9.59 Å². The van der Waals surface area contributed by atoms with Crippen molar-refractivity contribution in [3.05, 3.63) is 24.3 Å². The Balaban J connectivity index is 1.63. The summed E-state index contributed by atoms with van der Waals surface area (Å²) in [6.07, 6.45) is 11.1. The number of amides is 2. The molecule has 1 aromatic rings. The zero-order valence-corrected chi connectivity index (χ0v) is 13.7. The first-order valence-electron chi connectivity index (χ1n) is 8.92. The summed E-state index contributed by atoms with van der Waals surface area (Å²) in [7, 11) is 0. The molecule has 2 aliphatic carbocycles. The highest BCUT2D eigenvalue weighted by atomic mass is 16.2. The molecule has 2 amide bonds. The van der Waals surface area contributed by atoms with Crippen LogP contribution in [0.25, 0.3) is 0 Å². The third-order valence-corrected chi connectivity index (χ3v) is 5.24. The number of hydrogen-bond donors (Lipinski definition) is 1. The van der Waals surface area contributed by atoms with Crippen LogP contribution in [0.15, 0.2) is 24.3 Å². The van der Waals surface area contributed by atoms with Gasteiger partial charge in [-0.3, -0.25) is 9.59 Å². The molecule has 0 bridgehead atoms. The number of carbonyl (C=O) groups is 2. The highest BCUT2D eigenvalue weighted by Gasteiger charge is 2.23. The molecule has 2 fully saturated rings. The molecule has 0 saturated heterocycles. The van der Waals surface area contributed by atoms with Crippen molar-refractivity contribution in [1.82, 2.24) is 0 Å². The Morgan fingerprint density at radius 3 is 2.17 bits per heavy atom. The van der Waals surface area contributed by atoms with E-state index in [0.29, 0.717) is 6.04 Å². The molecule has 2 aliphatic rings. The van der Waals surface area contributed by atoms with Crippen LogP contribution in [0.5, 0.6) is 0 Å². The third kappa shape index (κ3) is 3.92. The van der Waals surface area contributed by atoms with Gasteiger partial charge >= 0.3 is 0 Å². The molecule has 4 heteroatoms. The number of benzene rings is 1. The number of anilines is 2. The van der Waals surface area contributed by atoms with Crippen LogP contribution >= 0.6 is 0 Å². The number of rotatable bonds is 5. The summed E-state index contributed by atoms with van der Waals surface area (Å²) in [6, 6.07) is 8.00. The summed E-state index contributed by atoms with van der Waals surface area (Å²) in [5.41, 5.74) is 1.74. The van der Waals surface area contributed by atoms with Gasteiger partial charge < -0.3 is 10.2 Å². The normalized spacial score (nSPS) is 19.5. The van der Waals surface area contributed by atoms with Gasteiger partial charge in [0, 0.05) is 23.3 Å². The second kappa shape index (κ2) is 7.62. The first-order chi connectivity index (χ1) is 11.3. The van der Waals surface area contributed by atoms with E-state index in [0.717, 1.165) is 56.3 Å². The quantitative estimate of drug-likeness (QED) is 0.831. The second-order valence-corrected chi connectivity index (χ2v) is 6.82. The number of nitrogens with zero attached hydrogens (tertiary/aromatic N) is 1. The van der Waals surface area contributed by atoms with Crippen LogP contribution in [-0.2, 0) is 9.59 Å². The summed E-state index contributed by atoms with van der Waals surface area (Å²) in [4.78, 5) is 25.5. The molecule has 0 atom stereocenters. The lowest BCUT2D eigenvalue weighted by molar-refractivity contribution is -0.119. The highest BCUT2D eigenvalue weighted by Crippen LogP contribution is 2.28. The van der Waals surface area contributed by atoms with Crippen molar-refractivity contribution in [3.8, 4) is 0 Å². The van der Waals surface area contributed by atoms with Gasteiger partial charge in [0.05, 0.1) is 0 Å². The Bertz CT molecular complexity index is 529. The predicted octanol–water partition coefficient (Wildman–Crippen LogP) is 4.11. The van der Waals surface area contributed by atoms with Crippen molar-refractivity contribution >= 4 is 23.7 Å². The lowest BCUT2D eigenvalue weighted by Gasteiger charge is -2.31. The minimum absolute atomic E-state index is 0.134. The van der Waals surface area contributed by atoms with E-state index in [-0.39, 0.29) is 11.8 Å². The molecule has 4 nitrogen and oxygen atoms in total. The molecule has 0 heterocycles. The average Bonchev–Trinajstić information content (AvgIpc) is 3.13. The van der Waals surface area contributed by atoms with Gasteiger partial charge in [-0.15, -0.1) is 0 Å². The molecule has 3 rings (SSSR count). The lowest BCUT2D eigenvalue weighted by Crippen LogP contribution is -2.35. The molecule has 124 valence electrons. The van der Waals surface area contributed by atoms with E-state index >= 15 is 0 Å². The van der Waals surface area contributed by atoms with Gasteiger partial charge in [-0.05, 0) is 49.9 Å². The summed E-state index contributed by atoms with van der Waals surface area (Å²) in [5.74, 6) is 0.304. The monoisotopic (exact) mass is 314 g/mol. The molecular formula is C19H26N2O2. The molecule has 1 aromatic carbocycles. The molecular weight excluding hydrogens is 288 g/mol. The average molecular weight is 314 g/mol. The van der Waals surface area contributed by atoms with Crippen LogP contribution in [-0.4, -0.2) is 18.4 Å². The van der Waals surface area contributed by atoms with Crippen LogP contribution in [0.4, 0.5) is 11.4 Å². The zero-order chi connectivity index (χ0) is 16.1. The fraction of sp³-hybridized carbons (Fsp3) is 0.579. The Labute approximate surface area is 138 Å². The standard InChI is InChI=1S/C19H26N2O2/c22-14-21(17-8-2-1-3-9-17)18-12-10-16(11-13-18)20-19(23)15-6-4-5-7-15/h10-15,17H,1-9H2,(H,20,23). The smallest absolute Gasteiger partial charge is 0.227 e. The molecule has 1 N–H and O–H groups in total. The Kier molecular flexibility index (Phi) is 5.31. The van der Waals surface area contributed by atoms with Gasteiger partial charge in [0.1, 0.15) is 0 Å². The van der Waals surface area contributed by atoms with Gasteiger partial charge in [-0.25, -0.2) is 0 Å². The summed E-state index contributed by atoms with van der Waals surface area (Å²) < 4.78 is 0. The summed E-state index contributed by atoms with van der Waals surface area (Å²) in [5, 5.41) is 3.00. The lowest BCUT2D eigenvalue weighted by atomic mass is 9.94. The molecule has 0 spiro atoms. The van der Waals surface area contributed by atoms with Gasteiger partial charge in [0.25, 0.3) is 0 Å². The Hall–Kier alpha value is -1.84. The van der Waals surface area contributed by atoms with Crippen molar-refractivity contribution in [2.24, 2.45) is 5.92 Å². The molecule has 0 radical (unpaired) electrons. The van der Waals surface area contributed by atoms with E-state index in [4.69, 9.17) is 0 Å². The fourth-order valence-electron chi connectivity index (χ4n) is 3.87. The molecule has 23 heavy (non-hydrogen) atoms. The van der Waals surface area contributed by atoms with E-state index in [2.05, 4.69) is 5.32 Å². The van der Waals surface area contributed by atoms with Crippen molar-refractivity contribution in [3.63, 3.8) is 0 Å². The van der Waals surface area contributed by atoms with Gasteiger partial charge in [0.2, 0.25) is 12.3 Å². The zero-order valence-electron chi connectivity index (χ0n) is 13.7. The summed E-state index contributed by atoms with van der Waals surface area (Å²) >= 11 is 0. The minimum Gasteiger partial charge on any atom is -0.326 e. The van der Waals surface area contributed by atoms with Crippen molar-refractivity contribution in [2.75, 3.05) is 10.2 Å². The number of carbonyl (C=O) groups excluding carboxylic acids is 2. The van der Waals surface area contributed by atoms with Gasteiger partial charge in [0.15, 0.2) is 0 Å². The topological polar surface area (TPSA) is 49.4 Å². The molecule has 0 aliphatic heterocycles. The van der Waals surface area contributed by atoms with Gasteiger partial charge in [-0.2, -0.15) is 0 Å². The maximum Gasteiger partial charge on any atom is 0.227 e. The van der Waals surface area contributed by atoms with Crippen LogP contribution in [0.1, 0.15) is 57.8 Å². The first kappa shape index (κ1) is 16.0. The highest BCUT2D eigenvalue weighted by molar-refractivity contribution is 5.93. The Morgan fingerprint density at radius 2 is 1.57 bits per heavy atom. The number of nitrogens with one attached hydrogen (secondary N) is 1. The number of hydrogen-bond acceptors (Lipinski definition) is 2. The van der Waals surface area contributed by atoms with E-state index in [1.165, 1.54) is 19.3 Å². The first-order valence-corrected chi connectivity index (χ1v) is 8.92. The van der Waals surface area contributed by atoms with Crippen LogP contribution in [0.3, 0.4) is 0 Å². The van der Waals surface area contributed by atoms with Crippen LogP contribution < -0.4 is 10.2 Å². The van der Waals surface area contributed by atoms with E-state index in [9.17, 15) is 9.59 Å². The van der Waals surface area contributed by atoms with Crippen LogP contribution in [0.2, 0.25) is 0 Å². The minimum atomic E-state index is 0.134. The molecule has 0 aromatic heterocycles. The maximum atomic E-state index is 12.2. The van der Waals surface area contributed by atoms with E-state index in [1.54, 1.807) is 0 Å². The molecule has 0 unspecified atom stereocenters. The Morgan fingerprint density at radius 1 is 0.957 bits per heavy atom. The summed E-state index contributed by atoms with van der Waals surface area (Å²) in [6.45, 7) is 0. The SMILES string of the molecule is O=CN(c1ccc(NC(=O)C2CCCC2)cc1)C1CCCCC1. The fourth-order valence-corrected chi connectivity index (χ4v) is 3.87. The van der Waals surface area contributed by atoms with Crippen molar-refractivity contribution in [1.29, 1.82) is 0 Å². The second-order valence-electron chi connectivity index (χ2n) is 6.82. The van der Waals surface area contributed by atoms with Crippen molar-refractivity contribution in [2.45, 2.75) is 63.8 Å².